The normalized spacial score (nSPS) is 10.2. The number of aryl methyl sites for hydroxylation is 1. The van der Waals surface area contributed by atoms with Crippen molar-refractivity contribution in [3.8, 4) is 5.95 Å². The SMILES string of the molecule is Cc1cnn(-c2nccc(C(=N)N)n2)c1. The molecule has 0 amide bonds. The number of nitrogens with two attached hydrogens (primary N) is 1. The Kier molecular flexibility index (Phi) is 2.17. The summed E-state index contributed by atoms with van der Waals surface area (Å²) in [6.07, 6.45) is 5.07. The minimum atomic E-state index is -0.0810. The maximum absolute atomic E-state index is 7.26. The smallest absolute Gasteiger partial charge is 0.251 e. The van der Waals surface area contributed by atoms with E-state index in [0.717, 1.165) is 5.56 Å². The van der Waals surface area contributed by atoms with Gasteiger partial charge in [0.15, 0.2) is 0 Å². The van der Waals surface area contributed by atoms with E-state index in [-0.39, 0.29) is 5.84 Å². The molecule has 2 aromatic rings. The lowest BCUT2D eigenvalue weighted by molar-refractivity contribution is 0.805. The average Bonchev–Trinajstić information content (AvgIpc) is 2.65. The number of aromatic nitrogens is 4. The molecule has 2 heterocycles. The van der Waals surface area contributed by atoms with Crippen LogP contribution < -0.4 is 5.73 Å². The van der Waals surface area contributed by atoms with Crippen molar-refractivity contribution in [1.82, 2.24) is 19.7 Å². The fraction of sp³-hybridized carbons (Fsp3) is 0.111. The molecule has 0 unspecified atom stereocenters. The quantitative estimate of drug-likeness (QED) is 0.539. The fourth-order valence-corrected chi connectivity index (χ4v) is 1.13. The van der Waals surface area contributed by atoms with Crippen molar-refractivity contribution in [2.75, 3.05) is 0 Å². The topological polar surface area (TPSA) is 93.5 Å². The third-order valence-corrected chi connectivity index (χ3v) is 1.84. The van der Waals surface area contributed by atoms with E-state index >= 15 is 0 Å². The highest BCUT2D eigenvalue weighted by atomic mass is 15.3. The van der Waals surface area contributed by atoms with Gasteiger partial charge in [0, 0.05) is 12.4 Å². The molecule has 0 aromatic carbocycles. The summed E-state index contributed by atoms with van der Waals surface area (Å²) in [7, 11) is 0. The molecule has 0 radical (unpaired) electrons. The molecule has 0 aliphatic rings. The van der Waals surface area contributed by atoms with Gasteiger partial charge in [-0.15, -0.1) is 0 Å². The van der Waals surface area contributed by atoms with Crippen LogP contribution in [0.3, 0.4) is 0 Å². The Bertz CT molecular complexity index is 501. The summed E-state index contributed by atoms with van der Waals surface area (Å²) in [4.78, 5) is 8.14. The zero-order valence-electron chi connectivity index (χ0n) is 8.18. The molecule has 2 rings (SSSR count). The Morgan fingerprint density at radius 1 is 1.53 bits per heavy atom. The van der Waals surface area contributed by atoms with E-state index in [1.165, 1.54) is 0 Å². The lowest BCUT2D eigenvalue weighted by atomic mass is 10.4. The first-order chi connectivity index (χ1) is 7.16. The van der Waals surface area contributed by atoms with Crippen LogP contribution in [0.15, 0.2) is 24.7 Å². The minimum Gasteiger partial charge on any atom is -0.382 e. The van der Waals surface area contributed by atoms with Crippen LogP contribution in [0.4, 0.5) is 0 Å². The van der Waals surface area contributed by atoms with Gasteiger partial charge in [0.2, 0.25) is 0 Å². The third kappa shape index (κ3) is 1.83. The van der Waals surface area contributed by atoms with Gasteiger partial charge < -0.3 is 5.73 Å². The van der Waals surface area contributed by atoms with Crippen LogP contribution in [0.2, 0.25) is 0 Å². The van der Waals surface area contributed by atoms with Crippen LogP contribution >= 0.6 is 0 Å². The second-order valence-corrected chi connectivity index (χ2v) is 3.12. The zero-order chi connectivity index (χ0) is 10.8. The van der Waals surface area contributed by atoms with Crippen molar-refractivity contribution in [2.24, 2.45) is 5.73 Å². The lowest BCUT2D eigenvalue weighted by Crippen LogP contribution is -2.15. The Hall–Kier alpha value is -2.24. The molecule has 0 saturated carbocycles. The Labute approximate surface area is 86.3 Å². The monoisotopic (exact) mass is 202 g/mol. The molecule has 0 bridgehead atoms. The van der Waals surface area contributed by atoms with Crippen LogP contribution in [-0.2, 0) is 0 Å². The first-order valence-corrected chi connectivity index (χ1v) is 4.36. The Morgan fingerprint density at radius 2 is 2.33 bits per heavy atom. The van der Waals surface area contributed by atoms with Gasteiger partial charge in [0.1, 0.15) is 11.5 Å². The molecular formula is C9H10N6. The van der Waals surface area contributed by atoms with E-state index in [0.29, 0.717) is 11.6 Å². The molecule has 0 aliphatic carbocycles. The van der Waals surface area contributed by atoms with Crippen molar-refractivity contribution < 1.29 is 0 Å². The number of hydrogen-bond donors (Lipinski definition) is 2. The molecule has 0 fully saturated rings. The molecular weight excluding hydrogens is 192 g/mol. The molecule has 76 valence electrons. The molecule has 15 heavy (non-hydrogen) atoms. The number of rotatable bonds is 2. The lowest BCUT2D eigenvalue weighted by Gasteiger charge is -2.01. The molecule has 3 N–H and O–H groups in total. The van der Waals surface area contributed by atoms with Crippen LogP contribution in [-0.4, -0.2) is 25.6 Å². The van der Waals surface area contributed by atoms with Gasteiger partial charge in [-0.25, -0.2) is 14.6 Å². The molecule has 2 aromatic heterocycles. The fourth-order valence-electron chi connectivity index (χ4n) is 1.13. The average molecular weight is 202 g/mol. The van der Waals surface area contributed by atoms with Crippen LogP contribution in [0, 0.1) is 12.3 Å². The number of nitrogens with zero attached hydrogens (tertiary/aromatic N) is 4. The zero-order valence-corrected chi connectivity index (χ0v) is 8.18. The van der Waals surface area contributed by atoms with Crippen molar-refractivity contribution in [3.63, 3.8) is 0 Å². The first-order valence-electron chi connectivity index (χ1n) is 4.36. The van der Waals surface area contributed by atoms with E-state index in [1.54, 1.807) is 29.3 Å². The predicted molar refractivity (Wildman–Crippen MR) is 54.9 cm³/mol. The number of nitrogens with one attached hydrogen (secondary N) is 1. The Morgan fingerprint density at radius 3 is 2.93 bits per heavy atom. The highest BCUT2D eigenvalue weighted by Gasteiger charge is 2.04. The molecule has 6 heteroatoms. The Balaban J connectivity index is 2.45. The minimum absolute atomic E-state index is 0.0810. The molecule has 0 atom stereocenters. The van der Waals surface area contributed by atoms with Crippen molar-refractivity contribution in [3.05, 3.63) is 35.9 Å². The highest BCUT2D eigenvalue weighted by Crippen LogP contribution is 2.02. The third-order valence-electron chi connectivity index (χ3n) is 1.84. The molecule has 0 aliphatic heterocycles. The van der Waals surface area contributed by atoms with E-state index in [2.05, 4.69) is 15.1 Å². The van der Waals surface area contributed by atoms with E-state index in [4.69, 9.17) is 11.1 Å². The number of amidine groups is 1. The van der Waals surface area contributed by atoms with Crippen LogP contribution in [0.5, 0.6) is 0 Å². The second-order valence-electron chi connectivity index (χ2n) is 3.12. The standard InChI is InChI=1S/C9H10N6/c1-6-4-13-15(5-6)9-12-3-2-7(14-9)8(10)11/h2-5H,1H3,(H3,10,11). The molecule has 0 spiro atoms. The van der Waals surface area contributed by atoms with Crippen LogP contribution in [0.1, 0.15) is 11.3 Å². The number of nitrogen functional groups attached to an aromatic ring is 1. The molecule has 0 saturated heterocycles. The van der Waals surface area contributed by atoms with Gasteiger partial charge in [-0.05, 0) is 18.6 Å². The first kappa shape index (κ1) is 9.32. The maximum Gasteiger partial charge on any atom is 0.251 e. The predicted octanol–water partition coefficient (Wildman–Crippen LogP) is 0.255. The maximum atomic E-state index is 7.26. The van der Waals surface area contributed by atoms with Gasteiger partial charge in [-0.2, -0.15) is 5.10 Å². The highest BCUT2D eigenvalue weighted by molar-refractivity contribution is 5.92. The van der Waals surface area contributed by atoms with E-state index in [1.807, 2.05) is 6.92 Å². The summed E-state index contributed by atoms with van der Waals surface area (Å²) in [6, 6.07) is 1.59. The van der Waals surface area contributed by atoms with Crippen molar-refractivity contribution in [1.29, 1.82) is 5.41 Å². The summed E-state index contributed by atoms with van der Waals surface area (Å²) >= 11 is 0. The van der Waals surface area contributed by atoms with E-state index in [9.17, 15) is 0 Å². The van der Waals surface area contributed by atoms with Crippen molar-refractivity contribution >= 4 is 5.84 Å². The largest absolute Gasteiger partial charge is 0.382 e. The van der Waals surface area contributed by atoms with E-state index < -0.39 is 0 Å². The van der Waals surface area contributed by atoms with Gasteiger partial charge in [0.05, 0.1) is 6.20 Å². The summed E-state index contributed by atoms with van der Waals surface area (Å²) in [5.41, 5.74) is 6.75. The summed E-state index contributed by atoms with van der Waals surface area (Å²) in [5, 5.41) is 11.3. The molecule has 6 nitrogen and oxygen atoms in total. The summed E-state index contributed by atoms with van der Waals surface area (Å²) < 4.78 is 1.54. The summed E-state index contributed by atoms with van der Waals surface area (Å²) in [6.45, 7) is 1.93. The number of hydrogen-bond acceptors (Lipinski definition) is 4. The van der Waals surface area contributed by atoms with Gasteiger partial charge >= 0.3 is 0 Å². The van der Waals surface area contributed by atoms with Gasteiger partial charge in [-0.1, -0.05) is 0 Å². The second kappa shape index (κ2) is 3.49. The summed E-state index contributed by atoms with van der Waals surface area (Å²) in [5.74, 6) is 0.332. The van der Waals surface area contributed by atoms with Crippen LogP contribution in [0.25, 0.3) is 5.95 Å². The van der Waals surface area contributed by atoms with Crippen molar-refractivity contribution in [2.45, 2.75) is 6.92 Å². The van der Waals surface area contributed by atoms with Gasteiger partial charge in [0.25, 0.3) is 5.95 Å². The van der Waals surface area contributed by atoms with Gasteiger partial charge in [-0.3, -0.25) is 5.41 Å².